The SMILES string of the molecule is CNC(=O)CSc1nc2c(c(=O)n1C)S[C@@H](C)C2. The maximum atomic E-state index is 12.1. The molecule has 0 bridgehead atoms. The van der Waals surface area contributed by atoms with Gasteiger partial charge in [0.2, 0.25) is 5.91 Å². The molecule has 7 heteroatoms. The first-order valence-corrected chi connectivity index (χ1v) is 7.49. The number of aromatic nitrogens is 2. The Morgan fingerprint density at radius 1 is 1.67 bits per heavy atom. The van der Waals surface area contributed by atoms with E-state index in [0.29, 0.717) is 10.4 Å². The standard InChI is InChI=1S/C11H15N3O2S2/c1-6-4-7-9(18-6)10(16)14(3)11(13-7)17-5-8(15)12-2/h6H,4-5H2,1-3H3,(H,12,15)/t6-/m0/s1. The molecule has 5 nitrogen and oxygen atoms in total. The summed E-state index contributed by atoms with van der Waals surface area (Å²) in [4.78, 5) is 28.6. The Balaban J connectivity index is 2.28. The molecule has 1 amide bonds. The second-order valence-electron chi connectivity index (χ2n) is 4.13. The summed E-state index contributed by atoms with van der Waals surface area (Å²) in [5, 5.41) is 3.56. The Hall–Kier alpha value is -0.950. The largest absolute Gasteiger partial charge is 0.358 e. The molecule has 1 aromatic rings. The van der Waals surface area contributed by atoms with Crippen molar-refractivity contribution < 1.29 is 4.79 Å². The van der Waals surface area contributed by atoms with Crippen LogP contribution in [0, 0.1) is 0 Å². The topological polar surface area (TPSA) is 64.0 Å². The zero-order valence-electron chi connectivity index (χ0n) is 10.5. The monoisotopic (exact) mass is 285 g/mol. The van der Waals surface area contributed by atoms with Crippen LogP contribution in [-0.4, -0.2) is 33.5 Å². The average molecular weight is 285 g/mol. The van der Waals surface area contributed by atoms with Gasteiger partial charge < -0.3 is 5.32 Å². The van der Waals surface area contributed by atoms with Gasteiger partial charge in [-0.05, 0) is 0 Å². The summed E-state index contributed by atoms with van der Waals surface area (Å²) in [6, 6.07) is 0. The van der Waals surface area contributed by atoms with Gasteiger partial charge in [0.1, 0.15) is 0 Å². The molecule has 18 heavy (non-hydrogen) atoms. The highest BCUT2D eigenvalue weighted by Crippen LogP contribution is 2.33. The molecule has 98 valence electrons. The van der Waals surface area contributed by atoms with E-state index in [-0.39, 0.29) is 17.2 Å². The Kier molecular flexibility index (Phi) is 4.01. The third-order valence-electron chi connectivity index (χ3n) is 2.69. The van der Waals surface area contributed by atoms with Crippen LogP contribution in [-0.2, 0) is 18.3 Å². The average Bonchev–Trinajstić information content (AvgIpc) is 2.72. The number of rotatable bonds is 3. The lowest BCUT2D eigenvalue weighted by atomic mass is 10.2. The van der Waals surface area contributed by atoms with Crippen molar-refractivity contribution in [2.45, 2.75) is 28.6 Å². The smallest absolute Gasteiger partial charge is 0.267 e. The number of nitrogens with one attached hydrogen (secondary N) is 1. The van der Waals surface area contributed by atoms with E-state index >= 15 is 0 Å². The molecule has 1 aliphatic rings. The molecule has 1 N–H and O–H groups in total. The van der Waals surface area contributed by atoms with Gasteiger partial charge in [0.05, 0.1) is 16.3 Å². The number of fused-ring (bicyclic) bond motifs is 1. The van der Waals surface area contributed by atoms with Crippen molar-refractivity contribution in [3.63, 3.8) is 0 Å². The molecule has 2 heterocycles. The van der Waals surface area contributed by atoms with Crippen LogP contribution < -0.4 is 10.9 Å². The lowest BCUT2D eigenvalue weighted by Crippen LogP contribution is -2.24. The second kappa shape index (κ2) is 5.36. The van der Waals surface area contributed by atoms with E-state index in [2.05, 4.69) is 17.2 Å². The van der Waals surface area contributed by atoms with E-state index in [1.54, 1.807) is 25.9 Å². The van der Waals surface area contributed by atoms with Crippen LogP contribution in [0.15, 0.2) is 14.8 Å². The fourth-order valence-corrected chi connectivity index (χ4v) is 3.71. The predicted molar refractivity (Wildman–Crippen MR) is 73.3 cm³/mol. The first-order chi connectivity index (χ1) is 8.52. The second-order valence-corrected chi connectivity index (χ2v) is 6.52. The third-order valence-corrected chi connectivity index (χ3v) is 4.93. The molecular weight excluding hydrogens is 270 g/mol. The minimum atomic E-state index is -0.0718. The van der Waals surface area contributed by atoms with Gasteiger partial charge in [0.25, 0.3) is 5.56 Å². The Labute approximate surface area is 114 Å². The van der Waals surface area contributed by atoms with Gasteiger partial charge in [-0.25, -0.2) is 4.98 Å². The molecule has 0 saturated carbocycles. The maximum absolute atomic E-state index is 12.1. The van der Waals surface area contributed by atoms with Crippen molar-refractivity contribution >= 4 is 29.4 Å². The number of carbonyl (C=O) groups is 1. The fraction of sp³-hybridized carbons (Fsp3) is 0.545. The first kappa shape index (κ1) is 13.5. The summed E-state index contributed by atoms with van der Waals surface area (Å²) in [5.74, 6) is 0.204. The quantitative estimate of drug-likeness (QED) is 0.653. The fourth-order valence-electron chi connectivity index (χ4n) is 1.71. The van der Waals surface area contributed by atoms with E-state index in [4.69, 9.17) is 0 Å². The lowest BCUT2D eigenvalue weighted by molar-refractivity contribution is -0.118. The van der Waals surface area contributed by atoms with Gasteiger partial charge >= 0.3 is 0 Å². The molecule has 2 rings (SSSR count). The van der Waals surface area contributed by atoms with Crippen LogP contribution in [0.25, 0.3) is 0 Å². The number of amides is 1. The van der Waals surface area contributed by atoms with E-state index in [9.17, 15) is 9.59 Å². The normalized spacial score (nSPS) is 17.6. The Bertz CT molecular complexity index is 542. The first-order valence-electron chi connectivity index (χ1n) is 5.63. The highest BCUT2D eigenvalue weighted by molar-refractivity contribution is 8.00. The molecule has 0 fully saturated rings. The van der Waals surface area contributed by atoms with Gasteiger partial charge in [-0.2, -0.15) is 0 Å². The molecule has 0 aromatic carbocycles. The summed E-state index contributed by atoms with van der Waals surface area (Å²) < 4.78 is 1.53. The highest BCUT2D eigenvalue weighted by Gasteiger charge is 2.25. The summed E-state index contributed by atoms with van der Waals surface area (Å²) in [7, 11) is 3.29. The van der Waals surface area contributed by atoms with E-state index in [1.165, 1.54) is 16.3 Å². The molecule has 0 radical (unpaired) electrons. The van der Waals surface area contributed by atoms with Gasteiger partial charge in [-0.15, -0.1) is 11.8 Å². The van der Waals surface area contributed by atoms with Gasteiger partial charge in [0.15, 0.2) is 5.16 Å². The van der Waals surface area contributed by atoms with Gasteiger partial charge in [0, 0.05) is 25.8 Å². The zero-order valence-corrected chi connectivity index (χ0v) is 12.2. The summed E-state index contributed by atoms with van der Waals surface area (Å²) in [6.45, 7) is 2.09. The van der Waals surface area contributed by atoms with Crippen molar-refractivity contribution in [3.05, 3.63) is 16.0 Å². The minimum absolute atomic E-state index is 0.00578. The van der Waals surface area contributed by atoms with Crippen LogP contribution in [0.2, 0.25) is 0 Å². The third kappa shape index (κ3) is 2.56. The predicted octanol–water partition coefficient (Wildman–Crippen LogP) is 0.655. The van der Waals surface area contributed by atoms with Crippen molar-refractivity contribution in [1.82, 2.24) is 14.9 Å². The van der Waals surface area contributed by atoms with Crippen LogP contribution in [0.5, 0.6) is 0 Å². The molecule has 1 aliphatic heterocycles. The van der Waals surface area contributed by atoms with Gasteiger partial charge in [-0.1, -0.05) is 18.7 Å². The Morgan fingerprint density at radius 2 is 2.39 bits per heavy atom. The summed E-state index contributed by atoms with van der Waals surface area (Å²) >= 11 is 2.88. The van der Waals surface area contributed by atoms with Crippen molar-refractivity contribution in [1.29, 1.82) is 0 Å². The number of nitrogens with zero attached hydrogens (tertiary/aromatic N) is 2. The summed E-state index contributed by atoms with van der Waals surface area (Å²) in [6.07, 6.45) is 0.823. The van der Waals surface area contributed by atoms with Gasteiger partial charge in [-0.3, -0.25) is 14.2 Å². The summed E-state index contributed by atoms with van der Waals surface area (Å²) in [5.41, 5.74) is 0.865. The molecule has 1 aromatic heterocycles. The van der Waals surface area contributed by atoms with Crippen molar-refractivity contribution in [3.8, 4) is 0 Å². The van der Waals surface area contributed by atoms with Crippen LogP contribution >= 0.6 is 23.5 Å². The molecule has 0 unspecified atom stereocenters. The van der Waals surface area contributed by atoms with Crippen LogP contribution in [0.4, 0.5) is 0 Å². The maximum Gasteiger partial charge on any atom is 0.267 e. The molecular formula is C11H15N3O2S2. The van der Waals surface area contributed by atoms with Crippen molar-refractivity contribution in [2.75, 3.05) is 12.8 Å². The molecule has 0 spiro atoms. The Morgan fingerprint density at radius 3 is 3.06 bits per heavy atom. The van der Waals surface area contributed by atoms with Crippen molar-refractivity contribution in [2.24, 2.45) is 7.05 Å². The molecule has 0 aliphatic carbocycles. The number of hydrogen-bond donors (Lipinski definition) is 1. The number of carbonyl (C=O) groups excluding carboxylic acids is 1. The number of hydrogen-bond acceptors (Lipinski definition) is 5. The van der Waals surface area contributed by atoms with E-state index in [0.717, 1.165) is 17.0 Å². The van der Waals surface area contributed by atoms with Crippen LogP contribution in [0.1, 0.15) is 12.6 Å². The zero-order chi connectivity index (χ0) is 13.3. The van der Waals surface area contributed by atoms with E-state index < -0.39 is 0 Å². The molecule has 1 atom stereocenters. The van der Waals surface area contributed by atoms with Crippen LogP contribution in [0.3, 0.4) is 0 Å². The highest BCUT2D eigenvalue weighted by atomic mass is 32.2. The number of thioether (sulfide) groups is 2. The van der Waals surface area contributed by atoms with E-state index in [1.807, 2.05) is 0 Å². The lowest BCUT2D eigenvalue weighted by Gasteiger charge is -2.08. The molecule has 0 saturated heterocycles. The minimum Gasteiger partial charge on any atom is -0.358 e.